The van der Waals surface area contributed by atoms with Gasteiger partial charge in [-0.2, -0.15) is 0 Å². The van der Waals surface area contributed by atoms with Gasteiger partial charge in [0.25, 0.3) is 0 Å². The van der Waals surface area contributed by atoms with E-state index in [9.17, 15) is 5.11 Å². The van der Waals surface area contributed by atoms with E-state index in [4.69, 9.17) is 10.5 Å². The molecule has 1 heterocycles. The molecule has 0 amide bonds. The predicted molar refractivity (Wildman–Crippen MR) is 123 cm³/mol. The van der Waals surface area contributed by atoms with E-state index in [2.05, 4.69) is 44.7 Å². The van der Waals surface area contributed by atoms with Crippen molar-refractivity contribution in [3.8, 4) is 0 Å². The third kappa shape index (κ3) is 5.91. The zero-order chi connectivity index (χ0) is 20.9. The second-order valence-electron chi connectivity index (χ2n) is 8.86. The quantitative estimate of drug-likeness (QED) is 0.585. The molecule has 2 aliphatic rings. The van der Waals surface area contributed by atoms with E-state index in [-0.39, 0.29) is 6.61 Å². The summed E-state index contributed by atoms with van der Waals surface area (Å²) in [5, 5.41) is 9.52. The zero-order valence-corrected chi connectivity index (χ0v) is 18.9. The van der Waals surface area contributed by atoms with Crippen LogP contribution in [0.4, 0.5) is 0 Å². The van der Waals surface area contributed by atoms with Crippen LogP contribution in [0.1, 0.15) is 62.1 Å². The third-order valence-electron chi connectivity index (χ3n) is 6.60. The van der Waals surface area contributed by atoms with Gasteiger partial charge in [0.15, 0.2) is 0 Å². The topological polar surface area (TPSA) is 55.5 Å². The van der Waals surface area contributed by atoms with Gasteiger partial charge in [0.05, 0.1) is 19.8 Å². The molecular formula is C25H37NO2S. The van der Waals surface area contributed by atoms with E-state index in [1.165, 1.54) is 32.9 Å². The Labute approximate surface area is 180 Å². The van der Waals surface area contributed by atoms with Gasteiger partial charge in [0.2, 0.25) is 0 Å². The van der Waals surface area contributed by atoms with E-state index in [1.54, 1.807) is 0 Å². The fraction of sp³-hybridized carbons (Fsp3) is 0.600. The minimum atomic E-state index is -0.412. The van der Waals surface area contributed by atoms with Crippen LogP contribution in [0.3, 0.4) is 0 Å². The number of thiophene rings is 1. The molecule has 3 rings (SSSR count). The van der Waals surface area contributed by atoms with Gasteiger partial charge < -0.3 is 15.6 Å². The van der Waals surface area contributed by atoms with Gasteiger partial charge in [-0.1, -0.05) is 31.2 Å². The molecule has 0 spiro atoms. The molecule has 2 aliphatic carbocycles. The first-order valence-electron chi connectivity index (χ1n) is 11.1. The Kier molecular flexibility index (Phi) is 7.92. The summed E-state index contributed by atoms with van der Waals surface area (Å²) in [5.41, 5.74) is 9.89. The van der Waals surface area contributed by atoms with Gasteiger partial charge in [-0.15, -0.1) is 11.3 Å². The lowest BCUT2D eigenvalue weighted by atomic mass is 9.80. The first-order chi connectivity index (χ1) is 14.0. The molecule has 2 saturated carbocycles. The third-order valence-corrected chi connectivity index (χ3v) is 7.80. The smallest absolute Gasteiger partial charge is 0.0809 e. The maximum atomic E-state index is 9.52. The fourth-order valence-corrected chi connectivity index (χ4v) is 5.54. The van der Waals surface area contributed by atoms with Crippen LogP contribution in [0.2, 0.25) is 0 Å². The standard InChI is InChI=1S/C25H37NO2S/c1-4-20-13-19(15-28-16-24-9-8-23(5-2)29-24)6-7-21(20)12-18(3)22-10-11-25(26,14-22)17-27/h4,8-9,12,19,22,27H,3,5-7,10-11,13-17,26H2,1-2H3/b20-4-,21-12-/t19-,22+,25-/m1/s1. The number of nitrogens with two attached hydrogens (primary N) is 1. The summed E-state index contributed by atoms with van der Waals surface area (Å²) in [7, 11) is 0. The summed E-state index contributed by atoms with van der Waals surface area (Å²) < 4.78 is 6.05. The van der Waals surface area contributed by atoms with Crippen molar-refractivity contribution in [2.45, 2.75) is 70.9 Å². The predicted octanol–water partition coefficient (Wildman–Crippen LogP) is 5.55. The molecule has 3 atom stereocenters. The van der Waals surface area contributed by atoms with Gasteiger partial charge in [-0.25, -0.2) is 0 Å². The van der Waals surface area contributed by atoms with Crippen molar-refractivity contribution in [1.29, 1.82) is 0 Å². The monoisotopic (exact) mass is 415 g/mol. The van der Waals surface area contributed by atoms with Crippen LogP contribution < -0.4 is 5.73 Å². The van der Waals surface area contributed by atoms with Crippen molar-refractivity contribution < 1.29 is 9.84 Å². The number of aliphatic hydroxyl groups is 1. The lowest BCUT2D eigenvalue weighted by Crippen LogP contribution is -2.40. The highest BCUT2D eigenvalue weighted by molar-refractivity contribution is 7.11. The normalized spacial score (nSPS) is 30.3. The lowest BCUT2D eigenvalue weighted by Gasteiger charge is -2.27. The number of allylic oxidation sites excluding steroid dienone is 5. The summed E-state index contributed by atoms with van der Waals surface area (Å²) in [4.78, 5) is 2.76. The Morgan fingerprint density at radius 2 is 2.14 bits per heavy atom. The molecule has 1 aromatic heterocycles. The van der Waals surface area contributed by atoms with Gasteiger partial charge in [-0.3, -0.25) is 0 Å². The Balaban J connectivity index is 1.50. The van der Waals surface area contributed by atoms with Crippen LogP contribution in [0.25, 0.3) is 0 Å². The maximum Gasteiger partial charge on any atom is 0.0809 e. The molecule has 0 aromatic carbocycles. The van der Waals surface area contributed by atoms with Crippen LogP contribution in [0.15, 0.2) is 47.6 Å². The van der Waals surface area contributed by atoms with E-state index in [0.29, 0.717) is 11.8 Å². The Hall–Kier alpha value is -1.20. The highest BCUT2D eigenvalue weighted by Gasteiger charge is 2.36. The zero-order valence-electron chi connectivity index (χ0n) is 18.1. The number of ether oxygens (including phenoxy) is 1. The SMILES string of the molecule is C=C(/C=C1/CC[C@@H](COCc2ccc(CC)s2)C/C1=C/C)[C@H]1CC[C@](N)(CO)C1. The van der Waals surface area contributed by atoms with Crippen LogP contribution >= 0.6 is 11.3 Å². The lowest BCUT2D eigenvalue weighted by molar-refractivity contribution is 0.0838. The first kappa shape index (κ1) is 22.5. The fourth-order valence-electron chi connectivity index (χ4n) is 4.65. The van der Waals surface area contributed by atoms with Crippen molar-refractivity contribution in [3.05, 3.63) is 57.3 Å². The summed E-state index contributed by atoms with van der Waals surface area (Å²) in [6.45, 7) is 10.3. The minimum Gasteiger partial charge on any atom is -0.394 e. The molecule has 29 heavy (non-hydrogen) atoms. The molecular weight excluding hydrogens is 378 g/mol. The summed E-state index contributed by atoms with van der Waals surface area (Å²) >= 11 is 1.87. The number of rotatable bonds is 8. The second-order valence-corrected chi connectivity index (χ2v) is 10.1. The number of hydrogen-bond donors (Lipinski definition) is 2. The molecule has 4 heteroatoms. The molecule has 160 valence electrons. The number of hydrogen-bond acceptors (Lipinski definition) is 4. The summed E-state index contributed by atoms with van der Waals surface area (Å²) in [6.07, 6.45) is 11.8. The van der Waals surface area contributed by atoms with E-state index >= 15 is 0 Å². The molecule has 0 radical (unpaired) electrons. The Morgan fingerprint density at radius 1 is 1.34 bits per heavy atom. The van der Waals surface area contributed by atoms with Crippen LogP contribution in [0.5, 0.6) is 0 Å². The van der Waals surface area contributed by atoms with Gasteiger partial charge >= 0.3 is 0 Å². The molecule has 0 unspecified atom stereocenters. The highest BCUT2D eigenvalue weighted by atomic mass is 32.1. The number of aliphatic hydroxyl groups excluding tert-OH is 1. The van der Waals surface area contributed by atoms with E-state index < -0.39 is 5.54 Å². The summed E-state index contributed by atoms with van der Waals surface area (Å²) in [5.74, 6) is 0.993. The van der Waals surface area contributed by atoms with Crippen LogP contribution in [-0.2, 0) is 17.8 Å². The molecule has 0 bridgehead atoms. The van der Waals surface area contributed by atoms with Gasteiger partial charge in [0.1, 0.15) is 0 Å². The van der Waals surface area contributed by atoms with Gasteiger partial charge in [-0.05, 0) is 87.0 Å². The summed E-state index contributed by atoms with van der Waals surface area (Å²) in [6, 6.07) is 4.41. The van der Waals surface area contributed by atoms with Crippen LogP contribution in [0, 0.1) is 11.8 Å². The Morgan fingerprint density at radius 3 is 2.79 bits per heavy atom. The van der Waals surface area contributed by atoms with Crippen molar-refractivity contribution in [3.63, 3.8) is 0 Å². The van der Waals surface area contributed by atoms with E-state index in [1.807, 2.05) is 11.3 Å². The maximum absolute atomic E-state index is 9.52. The van der Waals surface area contributed by atoms with Crippen molar-refractivity contribution in [2.75, 3.05) is 13.2 Å². The minimum absolute atomic E-state index is 0.0698. The van der Waals surface area contributed by atoms with Crippen LogP contribution in [-0.4, -0.2) is 23.9 Å². The molecule has 0 aliphatic heterocycles. The largest absolute Gasteiger partial charge is 0.394 e. The molecule has 0 saturated heterocycles. The molecule has 1 aromatic rings. The van der Waals surface area contributed by atoms with Gasteiger partial charge in [0, 0.05) is 15.3 Å². The van der Waals surface area contributed by atoms with Crippen molar-refractivity contribution >= 4 is 11.3 Å². The molecule has 3 N–H and O–H groups in total. The first-order valence-corrected chi connectivity index (χ1v) is 11.9. The van der Waals surface area contributed by atoms with E-state index in [0.717, 1.165) is 51.7 Å². The second kappa shape index (κ2) is 10.2. The molecule has 2 fully saturated rings. The van der Waals surface area contributed by atoms with Crippen molar-refractivity contribution in [2.24, 2.45) is 17.6 Å². The van der Waals surface area contributed by atoms with Crippen molar-refractivity contribution in [1.82, 2.24) is 0 Å². The highest BCUT2D eigenvalue weighted by Crippen LogP contribution is 2.39. The molecule has 3 nitrogen and oxygen atoms in total. The Bertz CT molecular complexity index is 763. The number of aryl methyl sites for hydroxylation is 1. The average Bonchev–Trinajstić information content (AvgIpc) is 3.36. The average molecular weight is 416 g/mol.